The molecule has 1 atom stereocenters. The topological polar surface area (TPSA) is 29.3 Å². The van der Waals surface area contributed by atoms with Crippen molar-refractivity contribution in [3.63, 3.8) is 0 Å². The Kier molecular flexibility index (Phi) is 3.95. The molecule has 1 saturated carbocycles. The fraction of sp³-hybridized carbons (Fsp3) is 0.571. The number of nitrogens with two attached hydrogens (primary N) is 1. The molecule has 1 aliphatic rings. The molecule has 1 fully saturated rings. The van der Waals surface area contributed by atoms with Gasteiger partial charge in [0.05, 0.1) is 0 Å². The van der Waals surface area contributed by atoms with Crippen LogP contribution in [0.1, 0.15) is 31.7 Å². The Hall–Kier alpha value is -0.730. The minimum atomic E-state index is 0.142. The van der Waals surface area contributed by atoms with Gasteiger partial charge < -0.3 is 10.6 Å². The van der Waals surface area contributed by atoms with Gasteiger partial charge in [-0.25, -0.2) is 0 Å². The van der Waals surface area contributed by atoms with E-state index in [4.69, 9.17) is 17.3 Å². The first-order chi connectivity index (χ1) is 8.09. The van der Waals surface area contributed by atoms with Crippen LogP contribution in [0.25, 0.3) is 0 Å². The van der Waals surface area contributed by atoms with Gasteiger partial charge in [-0.3, -0.25) is 0 Å². The summed E-state index contributed by atoms with van der Waals surface area (Å²) in [5.74, 6) is 0. The van der Waals surface area contributed by atoms with Gasteiger partial charge in [0.25, 0.3) is 0 Å². The molecule has 0 radical (unpaired) electrons. The van der Waals surface area contributed by atoms with E-state index >= 15 is 0 Å². The van der Waals surface area contributed by atoms with Gasteiger partial charge in [0.2, 0.25) is 0 Å². The predicted octanol–water partition coefficient (Wildman–Crippen LogP) is 3.22. The molecule has 1 unspecified atom stereocenters. The molecule has 0 amide bonds. The summed E-state index contributed by atoms with van der Waals surface area (Å²) in [4.78, 5) is 2.37. The molecule has 3 heteroatoms. The monoisotopic (exact) mass is 252 g/mol. The van der Waals surface area contributed by atoms with E-state index < -0.39 is 0 Å². The van der Waals surface area contributed by atoms with Gasteiger partial charge in [-0.05, 0) is 50.3 Å². The molecule has 94 valence electrons. The Bertz CT molecular complexity index is 386. The fourth-order valence-corrected chi connectivity index (χ4v) is 2.62. The maximum atomic E-state index is 6.30. The smallest absolute Gasteiger partial charge is 0.0459 e. The van der Waals surface area contributed by atoms with Crippen molar-refractivity contribution in [3.05, 3.63) is 28.8 Å². The summed E-state index contributed by atoms with van der Waals surface area (Å²) in [6, 6.07) is 6.96. The minimum absolute atomic E-state index is 0.142. The first-order valence-corrected chi connectivity index (χ1v) is 6.73. The van der Waals surface area contributed by atoms with Gasteiger partial charge >= 0.3 is 0 Å². The van der Waals surface area contributed by atoms with Gasteiger partial charge in [-0.2, -0.15) is 0 Å². The third kappa shape index (κ3) is 2.75. The second kappa shape index (κ2) is 5.28. The van der Waals surface area contributed by atoms with E-state index in [1.165, 1.54) is 30.5 Å². The number of hydrogen-bond acceptors (Lipinski definition) is 2. The van der Waals surface area contributed by atoms with E-state index in [1.807, 2.05) is 19.1 Å². The first kappa shape index (κ1) is 12.7. The molecule has 2 N–H and O–H groups in total. The summed E-state index contributed by atoms with van der Waals surface area (Å²) < 4.78 is 0. The van der Waals surface area contributed by atoms with E-state index in [9.17, 15) is 0 Å². The summed E-state index contributed by atoms with van der Waals surface area (Å²) in [5.41, 5.74) is 8.35. The lowest BCUT2D eigenvalue weighted by Gasteiger charge is -2.37. The highest BCUT2D eigenvalue weighted by Gasteiger charge is 2.24. The lowest BCUT2D eigenvalue weighted by atomic mass is 9.90. The van der Waals surface area contributed by atoms with Crippen molar-refractivity contribution in [1.29, 1.82) is 0 Å². The normalized spacial score (nSPS) is 17.6. The highest BCUT2D eigenvalue weighted by molar-refractivity contribution is 6.31. The Balaban J connectivity index is 2.27. The van der Waals surface area contributed by atoms with Crippen LogP contribution in [0.5, 0.6) is 0 Å². The van der Waals surface area contributed by atoms with Gasteiger partial charge in [-0.1, -0.05) is 17.7 Å². The zero-order chi connectivity index (χ0) is 12.4. The van der Waals surface area contributed by atoms with Gasteiger partial charge in [0.1, 0.15) is 0 Å². The average Bonchev–Trinajstić information content (AvgIpc) is 2.17. The van der Waals surface area contributed by atoms with Crippen LogP contribution in [0.3, 0.4) is 0 Å². The second-order valence-electron chi connectivity index (χ2n) is 5.11. The third-order valence-corrected chi connectivity index (χ3v) is 3.98. The van der Waals surface area contributed by atoms with Crippen molar-refractivity contribution in [3.8, 4) is 0 Å². The summed E-state index contributed by atoms with van der Waals surface area (Å²) in [5, 5.41) is 0.839. The predicted molar refractivity (Wildman–Crippen MR) is 74.8 cm³/mol. The molecule has 17 heavy (non-hydrogen) atoms. The zero-order valence-corrected chi connectivity index (χ0v) is 11.4. The molecular weight excluding hydrogens is 232 g/mol. The summed E-state index contributed by atoms with van der Waals surface area (Å²) in [7, 11) is 2.17. The molecule has 0 aromatic heterocycles. The van der Waals surface area contributed by atoms with E-state index in [1.54, 1.807) is 0 Å². The lowest BCUT2D eigenvalue weighted by Crippen LogP contribution is -2.38. The van der Waals surface area contributed by atoms with Crippen molar-refractivity contribution < 1.29 is 0 Å². The maximum Gasteiger partial charge on any atom is 0.0459 e. The van der Waals surface area contributed by atoms with Crippen LogP contribution in [0, 0.1) is 0 Å². The maximum absolute atomic E-state index is 6.30. The number of halogens is 1. The quantitative estimate of drug-likeness (QED) is 0.892. The highest BCUT2D eigenvalue weighted by atomic mass is 35.5. The average molecular weight is 253 g/mol. The summed E-state index contributed by atoms with van der Waals surface area (Å²) >= 11 is 6.30. The molecule has 0 saturated heterocycles. The molecule has 0 heterocycles. The molecule has 1 aromatic carbocycles. The molecule has 2 rings (SSSR count). The number of rotatable bonds is 4. The number of hydrogen-bond donors (Lipinski definition) is 1. The van der Waals surface area contributed by atoms with Crippen LogP contribution in [-0.4, -0.2) is 19.1 Å². The molecule has 2 nitrogen and oxygen atoms in total. The number of benzene rings is 1. The van der Waals surface area contributed by atoms with Gasteiger partial charge in [-0.15, -0.1) is 0 Å². The van der Waals surface area contributed by atoms with Crippen molar-refractivity contribution in [1.82, 2.24) is 0 Å². The van der Waals surface area contributed by atoms with Crippen LogP contribution in [0.15, 0.2) is 18.2 Å². The van der Waals surface area contributed by atoms with E-state index in [2.05, 4.69) is 18.0 Å². The first-order valence-electron chi connectivity index (χ1n) is 6.35. The summed E-state index contributed by atoms with van der Waals surface area (Å²) in [6.45, 7) is 2.02. The molecule has 1 aliphatic carbocycles. The van der Waals surface area contributed by atoms with Crippen molar-refractivity contribution in [2.45, 2.75) is 44.7 Å². The summed E-state index contributed by atoms with van der Waals surface area (Å²) in [6.07, 6.45) is 4.77. The lowest BCUT2D eigenvalue weighted by molar-refractivity contribution is 0.400. The van der Waals surface area contributed by atoms with Crippen LogP contribution in [-0.2, 0) is 6.42 Å². The third-order valence-electron chi connectivity index (χ3n) is 3.62. The van der Waals surface area contributed by atoms with Crippen molar-refractivity contribution >= 4 is 17.3 Å². The van der Waals surface area contributed by atoms with Crippen LogP contribution in [0.4, 0.5) is 5.69 Å². The highest BCUT2D eigenvalue weighted by Crippen LogP contribution is 2.33. The Morgan fingerprint density at radius 3 is 2.71 bits per heavy atom. The Morgan fingerprint density at radius 2 is 2.18 bits per heavy atom. The number of anilines is 1. The fourth-order valence-electron chi connectivity index (χ4n) is 2.37. The van der Waals surface area contributed by atoms with E-state index in [-0.39, 0.29) is 6.04 Å². The standard InChI is InChI=1S/C14H21ClN2/c1-10(16)9-12-13(15)7-4-8-14(12)17(2)11-5-3-6-11/h4,7-8,10-11H,3,5-6,9,16H2,1-2H3. The molecule has 0 aliphatic heterocycles. The Morgan fingerprint density at radius 1 is 1.47 bits per heavy atom. The SMILES string of the molecule is CC(N)Cc1c(Cl)cccc1N(C)C1CCC1. The van der Waals surface area contributed by atoms with Crippen LogP contribution in [0.2, 0.25) is 5.02 Å². The van der Waals surface area contributed by atoms with Crippen LogP contribution < -0.4 is 10.6 Å². The van der Waals surface area contributed by atoms with Crippen molar-refractivity contribution in [2.24, 2.45) is 5.73 Å². The molecular formula is C14H21ClN2. The molecule has 0 spiro atoms. The minimum Gasteiger partial charge on any atom is -0.371 e. The van der Waals surface area contributed by atoms with Gasteiger partial charge in [0.15, 0.2) is 0 Å². The van der Waals surface area contributed by atoms with Crippen molar-refractivity contribution in [2.75, 3.05) is 11.9 Å². The Labute approximate surface area is 109 Å². The zero-order valence-electron chi connectivity index (χ0n) is 10.6. The molecule has 1 aromatic rings. The second-order valence-corrected chi connectivity index (χ2v) is 5.52. The van der Waals surface area contributed by atoms with Crippen LogP contribution >= 0.6 is 11.6 Å². The number of nitrogens with zero attached hydrogens (tertiary/aromatic N) is 1. The van der Waals surface area contributed by atoms with E-state index in [0.29, 0.717) is 6.04 Å². The van der Waals surface area contributed by atoms with E-state index in [0.717, 1.165) is 11.4 Å². The van der Waals surface area contributed by atoms with Gasteiger partial charge in [0, 0.05) is 29.8 Å². The largest absolute Gasteiger partial charge is 0.371 e. The molecule has 0 bridgehead atoms.